The van der Waals surface area contributed by atoms with Crippen molar-refractivity contribution in [1.29, 1.82) is 0 Å². The Hall–Kier alpha value is -1.69. The van der Waals surface area contributed by atoms with E-state index in [2.05, 4.69) is 15.1 Å². The number of methoxy groups -OCH3 is 1. The van der Waals surface area contributed by atoms with Gasteiger partial charge in [-0.1, -0.05) is 0 Å². The van der Waals surface area contributed by atoms with Gasteiger partial charge in [0.1, 0.15) is 0 Å². The van der Waals surface area contributed by atoms with Gasteiger partial charge in [-0.15, -0.1) is 10.2 Å². The topological polar surface area (TPSA) is 75.5 Å². The lowest BCUT2D eigenvalue weighted by Gasteiger charge is -2.22. The smallest absolute Gasteiger partial charge is 0.356 e. The minimum Gasteiger partial charge on any atom is -0.476 e. The van der Waals surface area contributed by atoms with Crippen molar-refractivity contribution < 1.29 is 14.6 Å². The summed E-state index contributed by atoms with van der Waals surface area (Å²) >= 11 is 0. The summed E-state index contributed by atoms with van der Waals surface area (Å²) in [4.78, 5) is 12.8. The van der Waals surface area contributed by atoms with E-state index in [0.29, 0.717) is 12.6 Å². The fourth-order valence-electron chi connectivity index (χ4n) is 1.65. The Bertz CT molecular complexity index is 389. The van der Waals surface area contributed by atoms with Gasteiger partial charge in [0.15, 0.2) is 11.5 Å². The molecular weight excluding hydrogens is 222 g/mol. The van der Waals surface area contributed by atoms with E-state index in [1.54, 1.807) is 13.2 Å². The number of aromatic nitrogens is 2. The van der Waals surface area contributed by atoms with Crippen LogP contribution < -0.4 is 4.90 Å². The van der Waals surface area contributed by atoms with E-state index in [-0.39, 0.29) is 5.69 Å². The second-order valence-electron chi connectivity index (χ2n) is 4.00. The number of ether oxygens (including phenoxy) is 1. The summed E-state index contributed by atoms with van der Waals surface area (Å²) < 4.78 is 5.05. The Morgan fingerprint density at radius 2 is 2.29 bits per heavy atom. The van der Waals surface area contributed by atoms with Gasteiger partial charge in [-0.3, -0.25) is 0 Å². The summed E-state index contributed by atoms with van der Waals surface area (Å²) in [6.07, 6.45) is 2.29. The highest BCUT2D eigenvalue weighted by Gasteiger charge is 2.30. The maximum atomic E-state index is 10.7. The number of aromatic carboxylic acids is 1. The molecule has 0 aliphatic heterocycles. The maximum absolute atomic E-state index is 10.7. The number of rotatable bonds is 6. The summed E-state index contributed by atoms with van der Waals surface area (Å²) in [5, 5.41) is 16.4. The number of carbonyl (C=O) groups is 1. The van der Waals surface area contributed by atoms with Gasteiger partial charge in [-0.05, 0) is 25.0 Å². The first-order valence-corrected chi connectivity index (χ1v) is 5.55. The van der Waals surface area contributed by atoms with E-state index < -0.39 is 5.97 Å². The van der Waals surface area contributed by atoms with Gasteiger partial charge in [0.25, 0.3) is 0 Å². The molecule has 0 saturated heterocycles. The first-order valence-electron chi connectivity index (χ1n) is 5.55. The Morgan fingerprint density at radius 3 is 2.76 bits per heavy atom. The zero-order valence-corrected chi connectivity index (χ0v) is 9.67. The molecule has 1 aliphatic carbocycles. The molecule has 0 radical (unpaired) electrons. The summed E-state index contributed by atoms with van der Waals surface area (Å²) in [6, 6.07) is 3.67. The number of anilines is 1. The fourth-order valence-corrected chi connectivity index (χ4v) is 1.65. The van der Waals surface area contributed by atoms with Crippen molar-refractivity contribution >= 4 is 11.8 Å². The molecule has 1 aromatic rings. The summed E-state index contributed by atoms with van der Waals surface area (Å²) in [5.74, 6) is -0.339. The van der Waals surface area contributed by atoms with Crippen LogP contribution in [0.25, 0.3) is 0 Å². The predicted octanol–water partition coefficient (Wildman–Crippen LogP) is 0.790. The molecule has 0 atom stereocenters. The summed E-state index contributed by atoms with van der Waals surface area (Å²) in [7, 11) is 1.66. The molecule has 1 aromatic heterocycles. The van der Waals surface area contributed by atoms with Gasteiger partial charge in [0.2, 0.25) is 0 Å². The average molecular weight is 237 g/mol. The number of hydrogen-bond donors (Lipinski definition) is 1. The second-order valence-corrected chi connectivity index (χ2v) is 4.00. The van der Waals surface area contributed by atoms with Crippen molar-refractivity contribution in [3.05, 3.63) is 17.8 Å². The molecule has 0 unspecified atom stereocenters. The molecule has 1 N–H and O–H groups in total. The van der Waals surface area contributed by atoms with Crippen LogP contribution in [0.5, 0.6) is 0 Å². The molecule has 6 nitrogen and oxygen atoms in total. The van der Waals surface area contributed by atoms with Crippen LogP contribution in [-0.4, -0.2) is 47.6 Å². The molecule has 6 heteroatoms. The molecule has 1 fully saturated rings. The van der Waals surface area contributed by atoms with Crippen LogP contribution in [0.4, 0.5) is 5.82 Å². The van der Waals surface area contributed by atoms with E-state index in [4.69, 9.17) is 9.84 Å². The second kappa shape index (κ2) is 5.09. The number of carboxylic acids is 1. The number of carboxylic acid groups (broad SMARTS) is 1. The lowest BCUT2D eigenvalue weighted by molar-refractivity contribution is 0.0689. The monoisotopic (exact) mass is 237 g/mol. The molecule has 92 valence electrons. The molecular formula is C11H15N3O3. The minimum atomic E-state index is -1.06. The Kier molecular flexibility index (Phi) is 3.53. The highest BCUT2D eigenvalue weighted by Crippen LogP contribution is 2.29. The normalized spacial score (nSPS) is 14.6. The molecule has 1 heterocycles. The van der Waals surface area contributed by atoms with Crippen LogP contribution in [-0.2, 0) is 4.74 Å². The van der Waals surface area contributed by atoms with Gasteiger partial charge in [-0.2, -0.15) is 0 Å². The van der Waals surface area contributed by atoms with Gasteiger partial charge >= 0.3 is 5.97 Å². The van der Waals surface area contributed by atoms with Gasteiger partial charge < -0.3 is 14.7 Å². The lowest BCUT2D eigenvalue weighted by atomic mass is 10.3. The standard InChI is InChI=1S/C11H15N3O3/c1-17-7-6-14(8-2-3-8)10-5-4-9(11(15)16)12-13-10/h4-5,8H,2-3,6-7H2,1H3,(H,15,16). The summed E-state index contributed by atoms with van der Waals surface area (Å²) in [6.45, 7) is 1.38. The van der Waals surface area contributed by atoms with Gasteiger partial charge in [0, 0.05) is 19.7 Å². The number of nitrogens with zero attached hydrogens (tertiary/aromatic N) is 3. The third-order valence-corrected chi connectivity index (χ3v) is 2.69. The van der Waals surface area contributed by atoms with Crippen LogP contribution in [0.1, 0.15) is 23.3 Å². The van der Waals surface area contributed by atoms with Crippen molar-refractivity contribution in [2.75, 3.05) is 25.2 Å². The van der Waals surface area contributed by atoms with Crippen molar-refractivity contribution in [2.24, 2.45) is 0 Å². The van der Waals surface area contributed by atoms with Crippen molar-refractivity contribution in [2.45, 2.75) is 18.9 Å². The maximum Gasteiger partial charge on any atom is 0.356 e. The molecule has 0 amide bonds. The highest BCUT2D eigenvalue weighted by molar-refractivity contribution is 5.85. The third kappa shape index (κ3) is 2.91. The van der Waals surface area contributed by atoms with Gasteiger partial charge in [0.05, 0.1) is 6.61 Å². The van der Waals surface area contributed by atoms with E-state index >= 15 is 0 Å². The minimum absolute atomic E-state index is 0.0313. The van der Waals surface area contributed by atoms with Crippen molar-refractivity contribution in [3.63, 3.8) is 0 Å². The Morgan fingerprint density at radius 1 is 1.53 bits per heavy atom. The van der Waals surface area contributed by atoms with Crippen LogP contribution >= 0.6 is 0 Å². The Balaban J connectivity index is 2.09. The van der Waals surface area contributed by atoms with Gasteiger partial charge in [-0.25, -0.2) is 4.79 Å². The lowest BCUT2D eigenvalue weighted by Crippen LogP contribution is -2.30. The fraction of sp³-hybridized carbons (Fsp3) is 0.545. The van der Waals surface area contributed by atoms with Crippen LogP contribution in [0.15, 0.2) is 12.1 Å². The predicted molar refractivity (Wildman–Crippen MR) is 61.2 cm³/mol. The van der Waals surface area contributed by atoms with E-state index in [1.165, 1.54) is 6.07 Å². The zero-order chi connectivity index (χ0) is 12.3. The number of hydrogen-bond acceptors (Lipinski definition) is 5. The first kappa shape index (κ1) is 11.8. The van der Waals surface area contributed by atoms with E-state index in [1.807, 2.05) is 0 Å². The molecule has 0 spiro atoms. The Labute approximate surface area is 99.2 Å². The molecule has 0 aromatic carbocycles. The van der Waals surface area contributed by atoms with Crippen LogP contribution in [0.3, 0.4) is 0 Å². The first-order chi connectivity index (χ1) is 8.22. The largest absolute Gasteiger partial charge is 0.476 e. The molecule has 0 bridgehead atoms. The zero-order valence-electron chi connectivity index (χ0n) is 9.67. The van der Waals surface area contributed by atoms with Crippen molar-refractivity contribution in [1.82, 2.24) is 10.2 Å². The van der Waals surface area contributed by atoms with E-state index in [0.717, 1.165) is 25.2 Å². The SMILES string of the molecule is COCCN(c1ccc(C(=O)O)nn1)C1CC1. The van der Waals surface area contributed by atoms with E-state index in [9.17, 15) is 4.79 Å². The van der Waals surface area contributed by atoms with Crippen LogP contribution in [0.2, 0.25) is 0 Å². The average Bonchev–Trinajstić information content (AvgIpc) is 3.14. The van der Waals surface area contributed by atoms with Crippen LogP contribution in [0, 0.1) is 0 Å². The molecule has 1 saturated carbocycles. The molecule has 1 aliphatic rings. The van der Waals surface area contributed by atoms with Crippen molar-refractivity contribution in [3.8, 4) is 0 Å². The third-order valence-electron chi connectivity index (χ3n) is 2.69. The molecule has 17 heavy (non-hydrogen) atoms. The molecule has 2 rings (SSSR count). The highest BCUT2D eigenvalue weighted by atomic mass is 16.5. The summed E-state index contributed by atoms with van der Waals surface area (Å²) in [5.41, 5.74) is -0.0313. The quantitative estimate of drug-likeness (QED) is 0.788.